The average Bonchev–Trinajstić information content (AvgIpc) is 3.03. The van der Waals surface area contributed by atoms with Crippen molar-refractivity contribution in [3.05, 3.63) is 60.2 Å². The van der Waals surface area contributed by atoms with Crippen LogP contribution in [0.3, 0.4) is 0 Å². The number of amidine groups is 1. The van der Waals surface area contributed by atoms with Crippen molar-refractivity contribution in [2.24, 2.45) is 5.10 Å². The molecule has 0 saturated carbocycles. The average molecular weight is 351 g/mol. The number of carbonyl (C=O) groups excluding carboxylic acids is 2. The first-order chi connectivity index (χ1) is 12.7. The van der Waals surface area contributed by atoms with E-state index in [0.29, 0.717) is 23.7 Å². The standard InChI is InChI=1S/C20H21N3O3/c1-2-3-13-26-17-11-9-15(10-12-17)20(25)21-18-14-19(24)23(22-18)16-7-5-4-6-8-16/h4-12H,2-3,13-14H2,1H3,(H,21,22,25). The number of hydrogen-bond acceptors (Lipinski definition) is 4. The molecule has 1 aliphatic rings. The zero-order valence-electron chi connectivity index (χ0n) is 14.6. The first kappa shape index (κ1) is 17.7. The van der Waals surface area contributed by atoms with Crippen molar-refractivity contribution in [3.63, 3.8) is 0 Å². The summed E-state index contributed by atoms with van der Waals surface area (Å²) in [5.41, 5.74) is 1.16. The van der Waals surface area contributed by atoms with E-state index in [1.165, 1.54) is 5.01 Å². The van der Waals surface area contributed by atoms with E-state index in [9.17, 15) is 9.59 Å². The monoisotopic (exact) mass is 351 g/mol. The van der Waals surface area contributed by atoms with Crippen LogP contribution in [-0.2, 0) is 4.79 Å². The molecule has 1 aliphatic heterocycles. The quantitative estimate of drug-likeness (QED) is 0.812. The van der Waals surface area contributed by atoms with Gasteiger partial charge in [0.25, 0.3) is 11.8 Å². The molecule has 0 fully saturated rings. The maximum absolute atomic E-state index is 12.4. The molecule has 134 valence electrons. The van der Waals surface area contributed by atoms with Crippen LogP contribution in [0.4, 0.5) is 5.69 Å². The van der Waals surface area contributed by atoms with Crippen molar-refractivity contribution in [2.45, 2.75) is 26.2 Å². The molecule has 6 nitrogen and oxygen atoms in total. The fourth-order valence-electron chi connectivity index (χ4n) is 2.51. The van der Waals surface area contributed by atoms with Crippen molar-refractivity contribution >= 4 is 23.3 Å². The van der Waals surface area contributed by atoms with Crippen LogP contribution in [0.5, 0.6) is 5.75 Å². The number of para-hydroxylation sites is 1. The fraction of sp³-hybridized carbons (Fsp3) is 0.250. The number of hydrogen-bond donors (Lipinski definition) is 1. The number of rotatable bonds is 6. The Balaban J connectivity index is 1.62. The van der Waals surface area contributed by atoms with Gasteiger partial charge in [-0.05, 0) is 42.8 Å². The van der Waals surface area contributed by atoms with Crippen LogP contribution in [0.2, 0.25) is 0 Å². The molecule has 0 unspecified atom stereocenters. The molecule has 0 aromatic heterocycles. The molecular formula is C20H21N3O3. The third-order valence-corrected chi connectivity index (χ3v) is 3.92. The van der Waals surface area contributed by atoms with E-state index in [4.69, 9.17) is 4.74 Å². The summed E-state index contributed by atoms with van der Waals surface area (Å²) in [6.45, 7) is 2.77. The minimum absolute atomic E-state index is 0.0683. The van der Waals surface area contributed by atoms with Gasteiger partial charge in [0.1, 0.15) is 11.6 Å². The van der Waals surface area contributed by atoms with E-state index in [1.54, 1.807) is 36.4 Å². The molecule has 0 atom stereocenters. The summed E-state index contributed by atoms with van der Waals surface area (Å²) in [7, 11) is 0. The molecule has 0 saturated heterocycles. The van der Waals surface area contributed by atoms with Crippen LogP contribution in [0.15, 0.2) is 59.7 Å². The highest BCUT2D eigenvalue weighted by molar-refractivity contribution is 6.17. The maximum Gasteiger partial charge on any atom is 0.256 e. The molecule has 1 heterocycles. The number of benzene rings is 2. The molecule has 2 aromatic rings. The van der Waals surface area contributed by atoms with Crippen molar-refractivity contribution in [1.29, 1.82) is 0 Å². The van der Waals surface area contributed by atoms with E-state index < -0.39 is 0 Å². The molecule has 1 N–H and O–H groups in total. The minimum Gasteiger partial charge on any atom is -0.494 e. The van der Waals surface area contributed by atoms with Crippen LogP contribution in [0, 0.1) is 0 Å². The van der Waals surface area contributed by atoms with Crippen LogP contribution >= 0.6 is 0 Å². The minimum atomic E-state index is -0.299. The summed E-state index contributed by atoms with van der Waals surface area (Å²) in [6.07, 6.45) is 2.13. The van der Waals surface area contributed by atoms with Gasteiger partial charge in [0, 0.05) is 5.56 Å². The molecule has 3 rings (SSSR count). The second-order valence-corrected chi connectivity index (χ2v) is 5.95. The van der Waals surface area contributed by atoms with Gasteiger partial charge in [-0.15, -0.1) is 0 Å². The van der Waals surface area contributed by atoms with Crippen molar-refractivity contribution in [3.8, 4) is 5.75 Å². The van der Waals surface area contributed by atoms with Crippen LogP contribution < -0.4 is 15.1 Å². The Bertz CT molecular complexity index is 801. The van der Waals surface area contributed by atoms with E-state index in [2.05, 4.69) is 17.3 Å². The van der Waals surface area contributed by atoms with Crippen LogP contribution in [0.25, 0.3) is 0 Å². The number of nitrogens with one attached hydrogen (secondary N) is 1. The molecule has 0 bridgehead atoms. The second-order valence-electron chi connectivity index (χ2n) is 5.95. The second kappa shape index (κ2) is 8.29. The van der Waals surface area contributed by atoms with Crippen molar-refractivity contribution in [2.75, 3.05) is 11.6 Å². The van der Waals surface area contributed by atoms with Crippen molar-refractivity contribution in [1.82, 2.24) is 5.32 Å². The number of carbonyl (C=O) groups is 2. The van der Waals surface area contributed by atoms with Crippen LogP contribution in [-0.4, -0.2) is 24.3 Å². The molecule has 2 aromatic carbocycles. The number of unbranched alkanes of at least 4 members (excludes halogenated alkanes) is 1. The van der Waals surface area contributed by atoms with E-state index in [0.717, 1.165) is 18.6 Å². The fourth-order valence-corrected chi connectivity index (χ4v) is 2.51. The Hall–Kier alpha value is -3.15. The lowest BCUT2D eigenvalue weighted by Crippen LogP contribution is -2.29. The maximum atomic E-state index is 12.4. The van der Waals surface area contributed by atoms with Gasteiger partial charge in [0.15, 0.2) is 0 Å². The highest BCUT2D eigenvalue weighted by atomic mass is 16.5. The molecule has 2 amide bonds. The Morgan fingerprint density at radius 3 is 2.58 bits per heavy atom. The van der Waals surface area contributed by atoms with Gasteiger partial charge in [-0.1, -0.05) is 31.5 Å². The molecule has 0 aliphatic carbocycles. The van der Waals surface area contributed by atoms with E-state index in [-0.39, 0.29) is 18.2 Å². The summed E-state index contributed by atoms with van der Waals surface area (Å²) in [6, 6.07) is 16.0. The van der Waals surface area contributed by atoms with Gasteiger partial charge >= 0.3 is 0 Å². The van der Waals surface area contributed by atoms with Gasteiger partial charge in [0.2, 0.25) is 0 Å². The highest BCUT2D eigenvalue weighted by Gasteiger charge is 2.26. The topological polar surface area (TPSA) is 71.0 Å². The normalized spacial score (nSPS) is 13.5. The molecule has 0 spiro atoms. The number of amides is 2. The SMILES string of the molecule is CCCCOc1ccc(C(=O)NC2=NN(c3ccccc3)C(=O)C2)cc1. The summed E-state index contributed by atoms with van der Waals surface area (Å²) in [4.78, 5) is 24.5. The Kier molecular flexibility index (Phi) is 5.63. The first-order valence-corrected chi connectivity index (χ1v) is 8.67. The predicted molar refractivity (Wildman–Crippen MR) is 100 cm³/mol. The van der Waals surface area contributed by atoms with Gasteiger partial charge in [-0.25, -0.2) is 0 Å². The summed E-state index contributed by atoms with van der Waals surface area (Å²) >= 11 is 0. The summed E-state index contributed by atoms with van der Waals surface area (Å²) in [5, 5.41) is 8.23. The Morgan fingerprint density at radius 2 is 1.88 bits per heavy atom. The number of ether oxygens (including phenoxy) is 1. The molecule has 0 radical (unpaired) electrons. The number of nitrogens with zero attached hydrogens (tertiary/aromatic N) is 2. The first-order valence-electron chi connectivity index (χ1n) is 8.67. The Labute approximate surface area is 152 Å². The van der Waals surface area contributed by atoms with Crippen molar-refractivity contribution < 1.29 is 14.3 Å². The number of anilines is 1. The molecule has 26 heavy (non-hydrogen) atoms. The summed E-state index contributed by atoms with van der Waals surface area (Å²) < 4.78 is 5.58. The third-order valence-electron chi connectivity index (χ3n) is 3.92. The lowest BCUT2D eigenvalue weighted by molar-refractivity contribution is -0.116. The number of hydrazone groups is 1. The lowest BCUT2D eigenvalue weighted by Gasteiger charge is -2.10. The molecular weight excluding hydrogens is 330 g/mol. The van der Waals surface area contributed by atoms with Gasteiger partial charge in [-0.2, -0.15) is 10.1 Å². The van der Waals surface area contributed by atoms with Gasteiger partial charge < -0.3 is 10.1 Å². The van der Waals surface area contributed by atoms with Gasteiger partial charge in [-0.3, -0.25) is 9.59 Å². The Morgan fingerprint density at radius 1 is 1.15 bits per heavy atom. The third kappa shape index (κ3) is 4.27. The van der Waals surface area contributed by atoms with Crippen LogP contribution in [0.1, 0.15) is 36.5 Å². The molecule has 6 heteroatoms. The largest absolute Gasteiger partial charge is 0.494 e. The zero-order valence-corrected chi connectivity index (χ0v) is 14.6. The lowest BCUT2D eigenvalue weighted by atomic mass is 10.2. The summed E-state index contributed by atoms with van der Waals surface area (Å²) in [5.74, 6) is 0.600. The predicted octanol–water partition coefficient (Wildman–Crippen LogP) is 3.35. The highest BCUT2D eigenvalue weighted by Crippen LogP contribution is 2.19. The van der Waals surface area contributed by atoms with E-state index in [1.807, 2.05) is 18.2 Å². The van der Waals surface area contributed by atoms with E-state index >= 15 is 0 Å². The zero-order chi connectivity index (χ0) is 18.4. The smallest absolute Gasteiger partial charge is 0.256 e. The van der Waals surface area contributed by atoms with Gasteiger partial charge in [0.05, 0.1) is 18.7 Å².